The molecule has 2 N–H and O–H groups in total. The van der Waals surface area contributed by atoms with Gasteiger partial charge in [-0.2, -0.15) is 0 Å². The maximum atomic E-state index is 13.4. The van der Waals surface area contributed by atoms with E-state index in [4.69, 9.17) is 14.9 Å². The molecule has 1 atom stereocenters. The van der Waals surface area contributed by atoms with Gasteiger partial charge in [-0.3, -0.25) is 9.59 Å². The summed E-state index contributed by atoms with van der Waals surface area (Å²) in [6.45, 7) is 2.92. The predicted molar refractivity (Wildman–Crippen MR) is 119 cm³/mol. The second kappa shape index (κ2) is 8.12. The van der Waals surface area contributed by atoms with Crippen molar-refractivity contribution in [2.75, 3.05) is 19.6 Å². The third kappa shape index (κ3) is 3.95. The fourth-order valence-electron chi connectivity index (χ4n) is 4.33. The lowest BCUT2D eigenvalue weighted by atomic mass is 10.1. The number of amides is 3. The lowest BCUT2D eigenvalue weighted by Gasteiger charge is -2.41. The minimum absolute atomic E-state index is 0.153. The van der Waals surface area contributed by atoms with E-state index in [-0.39, 0.29) is 17.9 Å². The molecule has 0 radical (unpaired) electrons. The number of halogens is 1. The smallest absolute Gasteiger partial charge is 0.405 e. The fraction of sp³-hybridized carbons (Fsp3) is 0.333. The first-order valence-corrected chi connectivity index (χ1v) is 11.0. The number of oxazole rings is 1. The van der Waals surface area contributed by atoms with E-state index in [1.165, 1.54) is 12.1 Å². The van der Waals surface area contributed by atoms with Gasteiger partial charge in [0.15, 0.2) is 11.2 Å². The summed E-state index contributed by atoms with van der Waals surface area (Å²) >= 11 is 0. The van der Waals surface area contributed by atoms with Crippen LogP contribution in [0.4, 0.5) is 9.18 Å². The first-order valence-electron chi connectivity index (χ1n) is 11.0. The van der Waals surface area contributed by atoms with Crippen molar-refractivity contribution in [2.45, 2.75) is 31.4 Å². The van der Waals surface area contributed by atoms with Gasteiger partial charge >= 0.3 is 6.09 Å². The molecule has 176 valence electrons. The Hall–Kier alpha value is -3.95. The van der Waals surface area contributed by atoms with E-state index in [0.717, 1.165) is 0 Å². The number of primary amides is 1. The van der Waals surface area contributed by atoms with Crippen LogP contribution in [0.1, 0.15) is 30.1 Å². The molecular weight excluding hydrogens is 443 g/mol. The molecule has 3 amide bonds. The quantitative estimate of drug-likeness (QED) is 0.632. The molecule has 1 aliphatic carbocycles. The first kappa shape index (κ1) is 21.9. The zero-order chi connectivity index (χ0) is 24.0. The summed E-state index contributed by atoms with van der Waals surface area (Å²) in [5, 5.41) is 0. The highest BCUT2D eigenvalue weighted by atomic mass is 19.1. The number of benzene rings is 2. The van der Waals surface area contributed by atoms with Crippen LogP contribution in [-0.4, -0.2) is 64.0 Å². The Morgan fingerprint density at radius 1 is 1.15 bits per heavy atom. The van der Waals surface area contributed by atoms with E-state index in [1.807, 2.05) is 6.92 Å². The first-order chi connectivity index (χ1) is 16.3. The summed E-state index contributed by atoms with van der Waals surface area (Å²) in [6, 6.07) is 10.8. The standard InChI is InChI=1S/C24H23FN4O5/c1-14-13-28(10-11-29(14)22(31)24(8-9-24)34-23(26)32)21(30)16-4-2-15(3-5-16)20-27-18-7-6-17(25)12-19(18)33-20/h2-7,12,14H,8-11,13H2,1H3,(H2,26,32)/t14-/m0/s1. The number of nitrogens with two attached hydrogens (primary N) is 1. The molecule has 10 heteroatoms. The molecule has 9 nitrogen and oxygen atoms in total. The number of rotatable bonds is 4. The lowest BCUT2D eigenvalue weighted by molar-refractivity contribution is -0.146. The van der Waals surface area contributed by atoms with E-state index in [9.17, 15) is 18.8 Å². The zero-order valence-electron chi connectivity index (χ0n) is 18.5. The maximum Gasteiger partial charge on any atom is 0.405 e. The van der Waals surface area contributed by atoms with E-state index in [1.54, 1.807) is 40.1 Å². The number of carbonyl (C=O) groups is 3. The van der Waals surface area contributed by atoms with Crippen molar-refractivity contribution in [2.24, 2.45) is 5.73 Å². The van der Waals surface area contributed by atoms with Crippen LogP contribution < -0.4 is 5.73 Å². The Labute approximate surface area is 194 Å². The van der Waals surface area contributed by atoms with Gasteiger partial charge in [0.05, 0.1) is 0 Å². The van der Waals surface area contributed by atoms with Gasteiger partial charge in [-0.25, -0.2) is 14.2 Å². The van der Waals surface area contributed by atoms with E-state index in [0.29, 0.717) is 60.6 Å². The average molecular weight is 466 g/mol. The number of carbonyl (C=O) groups excluding carboxylic acids is 3. The molecule has 1 saturated heterocycles. The Balaban J connectivity index is 1.25. The number of nitrogens with zero attached hydrogens (tertiary/aromatic N) is 3. The van der Waals surface area contributed by atoms with Gasteiger partial charge in [-0.1, -0.05) is 0 Å². The molecule has 34 heavy (non-hydrogen) atoms. The zero-order valence-corrected chi connectivity index (χ0v) is 18.5. The van der Waals surface area contributed by atoms with Gasteiger partial charge in [0.1, 0.15) is 11.3 Å². The van der Waals surface area contributed by atoms with Crippen LogP contribution in [-0.2, 0) is 9.53 Å². The van der Waals surface area contributed by atoms with Gasteiger partial charge < -0.3 is 24.7 Å². The molecule has 2 aromatic carbocycles. The molecule has 2 heterocycles. The van der Waals surface area contributed by atoms with E-state index in [2.05, 4.69) is 4.98 Å². The molecule has 1 saturated carbocycles. The molecule has 2 aliphatic rings. The van der Waals surface area contributed by atoms with Gasteiger partial charge in [-0.15, -0.1) is 0 Å². The molecule has 3 aromatic rings. The van der Waals surface area contributed by atoms with Crippen LogP contribution in [0.25, 0.3) is 22.6 Å². The highest BCUT2D eigenvalue weighted by molar-refractivity contribution is 5.95. The largest absolute Gasteiger partial charge is 0.436 e. The normalized spacial score (nSPS) is 19.2. The number of ether oxygens (including phenoxy) is 1. The molecule has 0 spiro atoms. The van der Waals surface area contributed by atoms with Crippen LogP contribution in [0.3, 0.4) is 0 Å². The summed E-state index contributed by atoms with van der Waals surface area (Å²) in [6.07, 6.45) is -0.0370. The fourth-order valence-corrected chi connectivity index (χ4v) is 4.33. The van der Waals surface area contributed by atoms with Crippen molar-refractivity contribution in [3.05, 3.63) is 53.8 Å². The second-order valence-corrected chi connectivity index (χ2v) is 8.72. The molecule has 1 aromatic heterocycles. The summed E-state index contributed by atoms with van der Waals surface area (Å²) in [5.74, 6) is -0.472. The van der Waals surface area contributed by atoms with Crippen molar-refractivity contribution in [1.29, 1.82) is 0 Å². The molecular formula is C24H23FN4O5. The van der Waals surface area contributed by atoms with Crippen molar-refractivity contribution < 1.29 is 27.9 Å². The molecule has 5 rings (SSSR count). The Bertz CT molecular complexity index is 1280. The van der Waals surface area contributed by atoms with E-state index >= 15 is 0 Å². The molecule has 0 bridgehead atoms. The van der Waals surface area contributed by atoms with Crippen LogP contribution in [0.2, 0.25) is 0 Å². The summed E-state index contributed by atoms with van der Waals surface area (Å²) in [4.78, 5) is 44.8. The van der Waals surface area contributed by atoms with Crippen molar-refractivity contribution in [3.63, 3.8) is 0 Å². The van der Waals surface area contributed by atoms with Crippen LogP contribution >= 0.6 is 0 Å². The number of fused-ring (bicyclic) bond motifs is 1. The second-order valence-electron chi connectivity index (χ2n) is 8.72. The summed E-state index contributed by atoms with van der Waals surface area (Å²) in [7, 11) is 0. The molecule has 0 unspecified atom stereocenters. The topological polar surface area (TPSA) is 119 Å². The van der Waals surface area contributed by atoms with Crippen molar-refractivity contribution in [3.8, 4) is 11.5 Å². The SMILES string of the molecule is C[C@H]1CN(C(=O)c2ccc(-c3nc4ccc(F)cc4o3)cc2)CCN1C(=O)C1(OC(N)=O)CC1. The third-order valence-corrected chi connectivity index (χ3v) is 6.29. The van der Waals surface area contributed by atoms with Gasteiger partial charge in [0.2, 0.25) is 5.89 Å². The van der Waals surface area contributed by atoms with Crippen molar-refractivity contribution >= 4 is 29.0 Å². The van der Waals surface area contributed by atoms with Crippen LogP contribution in [0.5, 0.6) is 0 Å². The van der Waals surface area contributed by atoms with E-state index < -0.39 is 17.5 Å². The minimum atomic E-state index is -1.14. The number of hydrogen-bond acceptors (Lipinski definition) is 6. The maximum absolute atomic E-state index is 13.4. The monoisotopic (exact) mass is 466 g/mol. The molecule has 1 aliphatic heterocycles. The molecule has 2 fully saturated rings. The average Bonchev–Trinajstić information content (AvgIpc) is 3.46. The Morgan fingerprint density at radius 3 is 2.53 bits per heavy atom. The number of hydrogen-bond donors (Lipinski definition) is 1. The van der Waals surface area contributed by atoms with Crippen molar-refractivity contribution in [1.82, 2.24) is 14.8 Å². The Morgan fingerprint density at radius 2 is 1.88 bits per heavy atom. The highest BCUT2D eigenvalue weighted by Crippen LogP contribution is 2.42. The van der Waals surface area contributed by atoms with Gasteiger partial charge in [0, 0.05) is 55.7 Å². The van der Waals surface area contributed by atoms with Crippen LogP contribution in [0.15, 0.2) is 46.9 Å². The minimum Gasteiger partial charge on any atom is -0.436 e. The van der Waals surface area contributed by atoms with Gasteiger partial charge in [-0.05, 0) is 43.3 Å². The third-order valence-electron chi connectivity index (χ3n) is 6.29. The number of piperazine rings is 1. The van der Waals surface area contributed by atoms with Crippen LogP contribution in [0, 0.1) is 5.82 Å². The van der Waals surface area contributed by atoms with Gasteiger partial charge in [0.25, 0.3) is 11.8 Å². The lowest BCUT2D eigenvalue weighted by Crippen LogP contribution is -2.58. The predicted octanol–water partition coefficient (Wildman–Crippen LogP) is 2.93. The number of aromatic nitrogens is 1. The Kier molecular flexibility index (Phi) is 5.22. The summed E-state index contributed by atoms with van der Waals surface area (Å²) in [5.41, 5.74) is 6.03. The highest BCUT2D eigenvalue weighted by Gasteiger charge is 2.56. The summed E-state index contributed by atoms with van der Waals surface area (Å²) < 4.78 is 24.1.